The van der Waals surface area contributed by atoms with Gasteiger partial charge in [-0.2, -0.15) is 0 Å². The average Bonchev–Trinajstić information content (AvgIpc) is 2.61. The molecule has 0 aromatic heterocycles. The maximum atomic E-state index is 10.7. The van der Waals surface area contributed by atoms with Gasteiger partial charge in [0, 0.05) is 18.7 Å². The second-order valence-electron chi connectivity index (χ2n) is 5.24. The molecule has 1 atom stereocenters. The van der Waals surface area contributed by atoms with Crippen LogP contribution in [0.5, 0.6) is 0 Å². The number of hydrogen-bond acceptors (Lipinski definition) is 2. The number of benzene rings is 1. The summed E-state index contributed by atoms with van der Waals surface area (Å²) in [5.41, 5.74) is 1.83. The summed E-state index contributed by atoms with van der Waals surface area (Å²) in [4.78, 5) is 13.0. The standard InChI is InChI=1S/C16H20ClNO2/c1-12-6-3-2-4-11-18(12)16-13(9-10-15(19)20)7-5-8-14(16)17/h5,7-10,12H,2-4,6,11H2,1H3,(H,19,20)/b10-9+. The van der Waals surface area contributed by atoms with E-state index in [1.54, 1.807) is 6.08 Å². The van der Waals surface area contributed by atoms with Gasteiger partial charge in [-0.3, -0.25) is 0 Å². The van der Waals surface area contributed by atoms with Gasteiger partial charge in [-0.1, -0.05) is 36.6 Å². The van der Waals surface area contributed by atoms with Crippen molar-refractivity contribution in [2.24, 2.45) is 0 Å². The Labute approximate surface area is 124 Å². The van der Waals surface area contributed by atoms with E-state index in [9.17, 15) is 4.79 Å². The zero-order chi connectivity index (χ0) is 14.5. The molecule has 0 saturated carbocycles. The quantitative estimate of drug-likeness (QED) is 0.849. The van der Waals surface area contributed by atoms with E-state index in [1.165, 1.54) is 12.8 Å². The number of rotatable bonds is 3. The summed E-state index contributed by atoms with van der Waals surface area (Å²) in [5, 5.41) is 9.50. The predicted molar refractivity (Wildman–Crippen MR) is 83.4 cm³/mol. The van der Waals surface area contributed by atoms with Crippen LogP contribution in [0.15, 0.2) is 24.3 Å². The number of carboxylic acids is 1. The van der Waals surface area contributed by atoms with E-state index in [1.807, 2.05) is 18.2 Å². The lowest BCUT2D eigenvalue weighted by Gasteiger charge is -2.31. The Morgan fingerprint density at radius 2 is 2.20 bits per heavy atom. The Morgan fingerprint density at radius 1 is 1.40 bits per heavy atom. The summed E-state index contributed by atoms with van der Waals surface area (Å²) in [7, 11) is 0. The molecule has 0 aliphatic carbocycles. The highest BCUT2D eigenvalue weighted by Gasteiger charge is 2.21. The van der Waals surface area contributed by atoms with Crippen molar-refractivity contribution in [3.63, 3.8) is 0 Å². The van der Waals surface area contributed by atoms with Crippen molar-refractivity contribution in [2.45, 2.75) is 38.6 Å². The van der Waals surface area contributed by atoms with Gasteiger partial charge in [-0.25, -0.2) is 4.79 Å². The van der Waals surface area contributed by atoms with Crippen LogP contribution >= 0.6 is 11.6 Å². The molecule has 0 bridgehead atoms. The van der Waals surface area contributed by atoms with Crippen LogP contribution in [-0.2, 0) is 4.79 Å². The molecule has 1 heterocycles. The third-order valence-electron chi connectivity index (χ3n) is 3.76. The first-order valence-electron chi connectivity index (χ1n) is 7.06. The number of aliphatic carboxylic acids is 1. The summed E-state index contributed by atoms with van der Waals surface area (Å²) < 4.78 is 0. The molecule has 1 unspecified atom stereocenters. The molecular weight excluding hydrogens is 274 g/mol. The number of para-hydroxylation sites is 1. The van der Waals surface area contributed by atoms with Gasteiger partial charge in [0.1, 0.15) is 0 Å². The normalized spacial score (nSPS) is 20.1. The first kappa shape index (κ1) is 14.9. The molecule has 108 valence electrons. The molecule has 0 amide bonds. The van der Waals surface area contributed by atoms with Gasteiger partial charge < -0.3 is 10.0 Å². The molecule has 4 heteroatoms. The Bertz CT molecular complexity index is 513. The Balaban J connectivity index is 2.40. The topological polar surface area (TPSA) is 40.5 Å². The first-order valence-corrected chi connectivity index (χ1v) is 7.43. The number of nitrogens with zero attached hydrogens (tertiary/aromatic N) is 1. The molecule has 20 heavy (non-hydrogen) atoms. The number of carbonyl (C=O) groups is 1. The number of carboxylic acid groups (broad SMARTS) is 1. The first-order chi connectivity index (χ1) is 9.59. The van der Waals surface area contributed by atoms with Crippen molar-refractivity contribution in [1.29, 1.82) is 0 Å². The van der Waals surface area contributed by atoms with Gasteiger partial charge in [0.15, 0.2) is 0 Å². The molecule has 0 spiro atoms. The van der Waals surface area contributed by atoms with Crippen molar-refractivity contribution in [1.82, 2.24) is 0 Å². The highest BCUT2D eigenvalue weighted by Crippen LogP contribution is 2.34. The summed E-state index contributed by atoms with van der Waals surface area (Å²) in [6, 6.07) is 6.06. The van der Waals surface area contributed by atoms with E-state index in [4.69, 9.17) is 16.7 Å². The molecule has 1 saturated heterocycles. The van der Waals surface area contributed by atoms with E-state index < -0.39 is 5.97 Å². The number of hydrogen-bond donors (Lipinski definition) is 1. The molecule has 0 radical (unpaired) electrons. The average molecular weight is 294 g/mol. The number of halogens is 1. The van der Waals surface area contributed by atoms with Gasteiger partial charge in [0.25, 0.3) is 0 Å². The number of anilines is 1. The fraction of sp³-hybridized carbons (Fsp3) is 0.438. The zero-order valence-corrected chi connectivity index (χ0v) is 12.4. The van der Waals surface area contributed by atoms with Crippen molar-refractivity contribution >= 4 is 29.3 Å². The third-order valence-corrected chi connectivity index (χ3v) is 4.07. The minimum Gasteiger partial charge on any atom is -0.478 e. The maximum Gasteiger partial charge on any atom is 0.328 e. The summed E-state index contributed by atoms with van der Waals surface area (Å²) in [6.07, 6.45) is 7.57. The molecule has 1 N–H and O–H groups in total. The monoisotopic (exact) mass is 293 g/mol. The van der Waals surface area contributed by atoms with E-state index in [2.05, 4.69) is 11.8 Å². The van der Waals surface area contributed by atoms with Gasteiger partial charge >= 0.3 is 5.97 Å². The van der Waals surface area contributed by atoms with Gasteiger partial charge in [-0.05, 0) is 37.5 Å². The molecular formula is C16H20ClNO2. The predicted octanol–water partition coefficient (Wildman–Crippen LogP) is 4.21. The fourth-order valence-electron chi connectivity index (χ4n) is 2.74. The smallest absolute Gasteiger partial charge is 0.328 e. The van der Waals surface area contributed by atoms with Gasteiger partial charge in [-0.15, -0.1) is 0 Å². The Kier molecular flexibility index (Phi) is 5.07. The van der Waals surface area contributed by atoms with E-state index in [-0.39, 0.29) is 0 Å². The highest BCUT2D eigenvalue weighted by molar-refractivity contribution is 6.33. The van der Waals surface area contributed by atoms with E-state index in [0.717, 1.165) is 36.7 Å². The van der Waals surface area contributed by atoms with Crippen LogP contribution in [0.25, 0.3) is 6.08 Å². The third kappa shape index (κ3) is 3.54. The Morgan fingerprint density at radius 3 is 2.95 bits per heavy atom. The van der Waals surface area contributed by atoms with Crippen LogP contribution in [0.2, 0.25) is 5.02 Å². The van der Waals surface area contributed by atoms with Crippen molar-refractivity contribution < 1.29 is 9.90 Å². The molecule has 1 aromatic carbocycles. The van der Waals surface area contributed by atoms with Crippen LogP contribution in [0.4, 0.5) is 5.69 Å². The molecule has 1 aromatic rings. The molecule has 1 aliphatic rings. The van der Waals surface area contributed by atoms with E-state index >= 15 is 0 Å². The summed E-state index contributed by atoms with van der Waals surface area (Å²) in [6.45, 7) is 3.18. The van der Waals surface area contributed by atoms with E-state index in [0.29, 0.717) is 11.1 Å². The fourth-order valence-corrected chi connectivity index (χ4v) is 3.03. The lowest BCUT2D eigenvalue weighted by Crippen LogP contribution is -2.33. The second kappa shape index (κ2) is 6.80. The van der Waals surface area contributed by atoms with Crippen LogP contribution < -0.4 is 4.90 Å². The minimum atomic E-state index is -0.945. The van der Waals surface area contributed by atoms with Crippen LogP contribution in [0.3, 0.4) is 0 Å². The zero-order valence-electron chi connectivity index (χ0n) is 11.7. The summed E-state index contributed by atoms with van der Waals surface area (Å²) >= 11 is 6.37. The summed E-state index contributed by atoms with van der Waals surface area (Å²) in [5.74, 6) is -0.945. The molecule has 3 nitrogen and oxygen atoms in total. The van der Waals surface area contributed by atoms with Gasteiger partial charge in [0.2, 0.25) is 0 Å². The largest absolute Gasteiger partial charge is 0.478 e. The molecule has 2 rings (SSSR count). The van der Waals surface area contributed by atoms with Crippen LogP contribution in [-0.4, -0.2) is 23.7 Å². The minimum absolute atomic E-state index is 0.425. The highest BCUT2D eigenvalue weighted by atomic mass is 35.5. The lowest BCUT2D eigenvalue weighted by molar-refractivity contribution is -0.131. The van der Waals surface area contributed by atoms with Crippen LogP contribution in [0.1, 0.15) is 38.2 Å². The molecule has 1 aliphatic heterocycles. The molecule has 1 fully saturated rings. The lowest BCUT2D eigenvalue weighted by atomic mass is 10.1. The second-order valence-corrected chi connectivity index (χ2v) is 5.65. The Hall–Kier alpha value is -1.48. The van der Waals surface area contributed by atoms with Gasteiger partial charge in [0.05, 0.1) is 10.7 Å². The van der Waals surface area contributed by atoms with Crippen molar-refractivity contribution in [3.8, 4) is 0 Å². The maximum absolute atomic E-state index is 10.7. The van der Waals surface area contributed by atoms with Crippen molar-refractivity contribution in [3.05, 3.63) is 34.9 Å². The van der Waals surface area contributed by atoms with Crippen LogP contribution in [0, 0.1) is 0 Å². The van der Waals surface area contributed by atoms with Crippen molar-refractivity contribution in [2.75, 3.05) is 11.4 Å². The SMILES string of the molecule is CC1CCCCCN1c1c(Cl)cccc1/C=C/C(=O)O.